The van der Waals surface area contributed by atoms with Crippen molar-refractivity contribution in [2.75, 3.05) is 18.1 Å². The minimum Gasteiger partial charge on any atom is -0.397 e. The summed E-state index contributed by atoms with van der Waals surface area (Å²) in [6.07, 6.45) is 3.16. The zero-order chi connectivity index (χ0) is 14.5. The van der Waals surface area contributed by atoms with Gasteiger partial charge in [-0.3, -0.25) is 0 Å². The van der Waals surface area contributed by atoms with Crippen LogP contribution in [0.25, 0.3) is 0 Å². The van der Waals surface area contributed by atoms with Crippen LogP contribution in [0.2, 0.25) is 0 Å². The molecule has 0 heterocycles. The van der Waals surface area contributed by atoms with Crippen LogP contribution in [0.15, 0.2) is 23.1 Å². The van der Waals surface area contributed by atoms with Gasteiger partial charge >= 0.3 is 0 Å². The van der Waals surface area contributed by atoms with E-state index in [0.29, 0.717) is 11.7 Å². The lowest BCUT2D eigenvalue weighted by molar-refractivity contribution is 0.588. The van der Waals surface area contributed by atoms with Gasteiger partial charge in [-0.25, -0.2) is 13.1 Å². The number of anilines is 2. The molecule has 0 amide bonds. The number of hydrogen-bond donors (Lipinski definition) is 3. The highest BCUT2D eigenvalue weighted by Gasteiger charge is 2.14. The number of sulfonamides is 1. The smallest absolute Gasteiger partial charge is 0.240 e. The third-order valence-electron chi connectivity index (χ3n) is 3.09. The maximum Gasteiger partial charge on any atom is 0.240 e. The summed E-state index contributed by atoms with van der Waals surface area (Å²) in [5.41, 5.74) is 7.15. The van der Waals surface area contributed by atoms with Gasteiger partial charge in [-0.2, -0.15) is 0 Å². The van der Waals surface area contributed by atoms with E-state index < -0.39 is 10.0 Å². The van der Waals surface area contributed by atoms with Crippen LogP contribution >= 0.6 is 0 Å². The van der Waals surface area contributed by atoms with E-state index in [1.807, 2.05) is 0 Å². The highest BCUT2D eigenvalue weighted by molar-refractivity contribution is 7.89. The molecule has 0 saturated heterocycles. The number of nitrogens with one attached hydrogen (secondary N) is 2. The van der Waals surface area contributed by atoms with E-state index in [4.69, 9.17) is 5.73 Å². The van der Waals surface area contributed by atoms with Crippen LogP contribution in [-0.4, -0.2) is 21.5 Å². The lowest BCUT2D eigenvalue weighted by atomic mass is 10.1. The van der Waals surface area contributed by atoms with Gasteiger partial charge in [-0.05, 0) is 38.1 Å². The third-order valence-corrected chi connectivity index (χ3v) is 4.50. The van der Waals surface area contributed by atoms with Gasteiger partial charge in [0.15, 0.2) is 0 Å². The highest BCUT2D eigenvalue weighted by Crippen LogP contribution is 2.24. The van der Waals surface area contributed by atoms with Crippen molar-refractivity contribution in [3.63, 3.8) is 0 Å². The lowest BCUT2D eigenvalue weighted by Gasteiger charge is -2.19. The molecule has 0 bridgehead atoms. The van der Waals surface area contributed by atoms with E-state index in [1.54, 1.807) is 12.1 Å². The van der Waals surface area contributed by atoms with E-state index in [0.717, 1.165) is 24.9 Å². The fourth-order valence-electron chi connectivity index (χ4n) is 1.90. The lowest BCUT2D eigenvalue weighted by Crippen LogP contribution is -2.20. The minimum absolute atomic E-state index is 0.182. The number of hydrogen-bond acceptors (Lipinski definition) is 4. The molecule has 1 unspecified atom stereocenters. The summed E-state index contributed by atoms with van der Waals surface area (Å²) in [6, 6.07) is 5.12. The Hall–Kier alpha value is -1.27. The predicted molar refractivity (Wildman–Crippen MR) is 79.7 cm³/mol. The standard InChI is InChI=1S/C13H23N3O2S/c1-4-6-10(5-2)16-13-8-7-11(9-12(13)14)19(17,18)15-3/h7-10,15-16H,4-6,14H2,1-3H3. The van der Waals surface area contributed by atoms with Gasteiger partial charge in [0.05, 0.1) is 16.3 Å². The summed E-state index contributed by atoms with van der Waals surface area (Å²) < 4.78 is 25.6. The van der Waals surface area contributed by atoms with Gasteiger partial charge < -0.3 is 11.1 Å². The predicted octanol–water partition coefficient (Wildman–Crippen LogP) is 2.17. The first kappa shape index (κ1) is 15.8. The second kappa shape index (κ2) is 6.77. The summed E-state index contributed by atoms with van der Waals surface area (Å²) in [7, 11) is -2.06. The Bertz CT molecular complexity index is 515. The van der Waals surface area contributed by atoms with Crippen molar-refractivity contribution in [1.82, 2.24) is 4.72 Å². The molecule has 0 radical (unpaired) electrons. The SMILES string of the molecule is CCCC(CC)Nc1ccc(S(=O)(=O)NC)cc1N. The normalized spacial score (nSPS) is 13.2. The van der Waals surface area contributed by atoms with Gasteiger partial charge in [-0.1, -0.05) is 20.3 Å². The molecule has 1 aromatic rings. The molecule has 0 fully saturated rings. The quantitative estimate of drug-likeness (QED) is 0.670. The minimum atomic E-state index is -3.44. The molecule has 0 spiro atoms. The van der Waals surface area contributed by atoms with E-state index >= 15 is 0 Å². The summed E-state index contributed by atoms with van der Waals surface area (Å²) in [5.74, 6) is 0. The second-order valence-electron chi connectivity index (χ2n) is 4.49. The molecule has 4 N–H and O–H groups in total. The fourth-order valence-corrected chi connectivity index (χ4v) is 2.67. The zero-order valence-corrected chi connectivity index (χ0v) is 12.5. The second-order valence-corrected chi connectivity index (χ2v) is 6.38. The zero-order valence-electron chi connectivity index (χ0n) is 11.7. The van der Waals surface area contributed by atoms with Gasteiger partial charge in [0.2, 0.25) is 10.0 Å². The average molecular weight is 285 g/mol. The van der Waals surface area contributed by atoms with Crippen LogP contribution in [0.5, 0.6) is 0 Å². The van der Waals surface area contributed by atoms with Crippen LogP contribution < -0.4 is 15.8 Å². The molecule has 108 valence electrons. The van der Waals surface area contributed by atoms with E-state index in [2.05, 4.69) is 23.9 Å². The van der Waals surface area contributed by atoms with E-state index in [-0.39, 0.29) is 4.90 Å². The molecule has 0 aliphatic heterocycles. The molecule has 6 heteroatoms. The molecule has 0 aliphatic carbocycles. The molecule has 1 aromatic carbocycles. The van der Waals surface area contributed by atoms with Crippen molar-refractivity contribution in [3.05, 3.63) is 18.2 Å². The molecule has 5 nitrogen and oxygen atoms in total. The van der Waals surface area contributed by atoms with Crippen LogP contribution in [0.1, 0.15) is 33.1 Å². The molecule has 19 heavy (non-hydrogen) atoms. The summed E-state index contributed by atoms with van der Waals surface area (Å²) in [6.45, 7) is 4.25. The maximum absolute atomic E-state index is 11.7. The molecule has 1 rings (SSSR count). The van der Waals surface area contributed by atoms with Crippen molar-refractivity contribution < 1.29 is 8.42 Å². The van der Waals surface area contributed by atoms with Gasteiger partial charge in [0.1, 0.15) is 0 Å². The molecule has 0 aliphatic rings. The molecule has 0 saturated carbocycles. The highest BCUT2D eigenvalue weighted by atomic mass is 32.2. The largest absolute Gasteiger partial charge is 0.397 e. The van der Waals surface area contributed by atoms with Crippen LogP contribution in [0.4, 0.5) is 11.4 Å². The fraction of sp³-hybridized carbons (Fsp3) is 0.538. The average Bonchev–Trinajstić information content (AvgIpc) is 2.40. The Morgan fingerprint density at radius 2 is 2.00 bits per heavy atom. The van der Waals surface area contributed by atoms with Gasteiger partial charge in [0, 0.05) is 6.04 Å². The molecular formula is C13H23N3O2S. The van der Waals surface area contributed by atoms with Crippen molar-refractivity contribution in [2.45, 2.75) is 44.0 Å². The molecular weight excluding hydrogens is 262 g/mol. The van der Waals surface area contributed by atoms with Crippen molar-refractivity contribution >= 4 is 21.4 Å². The van der Waals surface area contributed by atoms with Crippen LogP contribution in [-0.2, 0) is 10.0 Å². The molecule has 0 aromatic heterocycles. The Labute approximate surface area is 115 Å². The van der Waals surface area contributed by atoms with E-state index in [9.17, 15) is 8.42 Å². The first-order valence-corrected chi connectivity index (χ1v) is 8.02. The van der Waals surface area contributed by atoms with Crippen LogP contribution in [0.3, 0.4) is 0 Å². The summed E-state index contributed by atoms with van der Waals surface area (Å²) >= 11 is 0. The Morgan fingerprint density at radius 3 is 2.47 bits per heavy atom. The number of nitrogen functional groups attached to an aromatic ring is 1. The number of nitrogens with two attached hydrogens (primary N) is 1. The van der Waals surface area contributed by atoms with Crippen molar-refractivity contribution in [1.29, 1.82) is 0 Å². The number of benzene rings is 1. The third kappa shape index (κ3) is 4.11. The Kier molecular flexibility index (Phi) is 5.62. The number of rotatable bonds is 7. The van der Waals surface area contributed by atoms with Gasteiger partial charge in [0.25, 0.3) is 0 Å². The Balaban J connectivity index is 2.95. The van der Waals surface area contributed by atoms with E-state index in [1.165, 1.54) is 13.1 Å². The molecule has 1 atom stereocenters. The van der Waals surface area contributed by atoms with Gasteiger partial charge in [-0.15, -0.1) is 0 Å². The maximum atomic E-state index is 11.7. The van der Waals surface area contributed by atoms with Crippen molar-refractivity contribution in [3.8, 4) is 0 Å². The van der Waals surface area contributed by atoms with Crippen molar-refractivity contribution in [2.24, 2.45) is 0 Å². The topological polar surface area (TPSA) is 84.2 Å². The first-order valence-electron chi connectivity index (χ1n) is 6.54. The monoisotopic (exact) mass is 285 g/mol. The summed E-state index contributed by atoms with van der Waals surface area (Å²) in [5, 5.41) is 3.35. The summed E-state index contributed by atoms with van der Waals surface area (Å²) in [4.78, 5) is 0.182. The first-order chi connectivity index (χ1) is 8.94. The van der Waals surface area contributed by atoms with Crippen LogP contribution in [0, 0.1) is 0 Å². The Morgan fingerprint density at radius 1 is 1.32 bits per heavy atom.